The zero-order valence-electron chi connectivity index (χ0n) is 72.6. The highest BCUT2D eigenvalue weighted by Gasteiger charge is 2.19. The van der Waals surface area contributed by atoms with E-state index < -0.39 is 11.9 Å². The molecule has 0 radical (unpaired) electrons. The van der Waals surface area contributed by atoms with Gasteiger partial charge in [0.05, 0.1) is 12.7 Å². The number of esters is 3. The molecule has 2 amide bonds. The third kappa shape index (κ3) is 127. The summed E-state index contributed by atoms with van der Waals surface area (Å²) in [6.07, 6.45) is 46.8. The van der Waals surface area contributed by atoms with Crippen LogP contribution in [0.4, 0.5) is 0 Å². The molecule has 7 aliphatic heterocycles. The minimum Gasteiger partial charge on any atom is -0.458 e. The second kappa shape index (κ2) is 108. The summed E-state index contributed by atoms with van der Waals surface area (Å²) >= 11 is 0. The molecule has 0 aromatic heterocycles. The van der Waals surface area contributed by atoms with Crippen molar-refractivity contribution in [1.29, 1.82) is 0 Å². The molecule has 111 heavy (non-hydrogen) atoms. The molecule has 0 N–H and O–H groups in total. The Hall–Kier alpha value is -10.2. The van der Waals surface area contributed by atoms with Crippen LogP contribution in [0.15, 0.2) is 228 Å². The van der Waals surface area contributed by atoms with Gasteiger partial charge in [0.15, 0.2) is 11.6 Å². The molecule has 2 aromatic rings. The zero-order valence-corrected chi connectivity index (χ0v) is 72.6. The number of epoxide rings is 1. The molecule has 1 aliphatic carbocycles. The number of likely N-dealkylation sites (tertiary alicyclic amines) is 1. The van der Waals surface area contributed by atoms with E-state index in [-0.39, 0.29) is 35.1 Å². The van der Waals surface area contributed by atoms with Crippen LogP contribution >= 0.6 is 0 Å². The molecule has 0 bridgehead atoms. The molecule has 4 saturated heterocycles. The molecule has 0 saturated carbocycles. The Labute approximate surface area is 675 Å². The Bertz CT molecular complexity index is 2910. The van der Waals surface area contributed by atoms with Gasteiger partial charge in [0.2, 0.25) is 5.78 Å². The van der Waals surface area contributed by atoms with E-state index in [2.05, 4.69) is 164 Å². The Morgan fingerprint density at radius 3 is 1.16 bits per heavy atom. The van der Waals surface area contributed by atoms with Crippen molar-refractivity contribution in [3.05, 3.63) is 250 Å². The molecule has 2 aromatic carbocycles. The largest absolute Gasteiger partial charge is 0.458 e. The topological polar surface area (TPSA) is 238 Å². The minimum atomic E-state index is -0.562. The lowest BCUT2D eigenvalue weighted by Crippen LogP contribution is -2.32. The lowest BCUT2D eigenvalue weighted by Gasteiger charge is -2.24. The number of ether oxygens (including phenoxy) is 4. The number of aryl methyl sites for hydroxylation is 2. The van der Waals surface area contributed by atoms with Crippen molar-refractivity contribution in [3.63, 3.8) is 0 Å². The van der Waals surface area contributed by atoms with Gasteiger partial charge < -0.3 is 28.7 Å². The maximum Gasteiger partial charge on any atom is 0.341 e. The number of Topliss-reactive ketones (excluding diaryl/α,β-unsaturated/α-hetero) is 1. The van der Waals surface area contributed by atoms with Crippen LogP contribution in [0, 0.1) is 30.6 Å². The average molecular weight is 1540 g/mol. The number of hydrogen-bond donors (Lipinski definition) is 0. The molecule has 19 nitrogen and oxygen atoms in total. The van der Waals surface area contributed by atoms with Gasteiger partial charge in [-0.25, -0.2) is 14.4 Å². The van der Waals surface area contributed by atoms with E-state index >= 15 is 0 Å². The molecular weight excluding hydrogens is 1400 g/mol. The lowest BCUT2D eigenvalue weighted by molar-refractivity contribution is -0.151. The number of imide groups is 1. The SMILES string of the molecule is C#CC.C#CC(C)=O.C1COC1.C=CC.C=CC(C)=O.C=CC=CC.C=CC=CC(C)=O.C=CCC(C)CC=C.C=CCN(C)CC=C.C=Cc1ccccc1.CC.CC.CC.CC.CC1=CC(=O)OC1=O.CC1CO1.CN1C(=O)C=CC1=O.CN1CC1.CN1CCC1.CN=[N+]=[N-].O=C1C=CCO1.c1ccc2c(c1)CC2. The number of hydrogen-bond acceptors (Lipinski definition) is 16. The predicted octanol–water partition coefficient (Wildman–Crippen LogP) is 19.8. The number of carbonyl (C=O) groups excluding carboxylic acids is 8. The number of azide groups is 1. The van der Waals surface area contributed by atoms with Crippen LogP contribution in [0.2, 0.25) is 0 Å². The fourth-order valence-corrected chi connectivity index (χ4v) is 5.30. The number of cyclic esters (lactones) is 3. The number of benzene rings is 2. The molecule has 1 atom stereocenters. The van der Waals surface area contributed by atoms with Gasteiger partial charge in [0, 0.05) is 95.2 Å². The third-order valence-corrected chi connectivity index (χ3v) is 11.5. The second-order valence-electron chi connectivity index (χ2n) is 21.5. The van der Waals surface area contributed by atoms with E-state index in [4.69, 9.17) is 15.0 Å². The number of likely N-dealkylation sites (N-methyl/N-ethyl adjacent to an activating group) is 3. The third-order valence-electron chi connectivity index (χ3n) is 11.5. The van der Waals surface area contributed by atoms with Gasteiger partial charge in [-0.1, -0.05) is 215 Å². The van der Waals surface area contributed by atoms with Crippen molar-refractivity contribution in [2.24, 2.45) is 11.0 Å². The van der Waals surface area contributed by atoms with E-state index in [1.807, 2.05) is 155 Å². The van der Waals surface area contributed by atoms with Gasteiger partial charge in [0.1, 0.15) is 6.61 Å². The first-order valence-corrected chi connectivity index (χ1v) is 37.2. The van der Waals surface area contributed by atoms with Gasteiger partial charge in [-0.3, -0.25) is 33.8 Å². The molecule has 4 fully saturated rings. The first kappa shape index (κ1) is 127. The Kier molecular flexibility index (Phi) is 124. The maximum atomic E-state index is 10.4. The van der Waals surface area contributed by atoms with Crippen molar-refractivity contribution in [2.75, 3.05) is 101 Å². The fourth-order valence-electron chi connectivity index (χ4n) is 5.30. The number of rotatable bonds is 13. The van der Waals surface area contributed by atoms with E-state index in [9.17, 15) is 38.4 Å². The monoisotopic (exact) mass is 1540 g/mol. The molecule has 8 aliphatic rings. The van der Waals surface area contributed by atoms with Crippen molar-refractivity contribution in [3.8, 4) is 24.7 Å². The van der Waals surface area contributed by atoms with Crippen LogP contribution in [-0.4, -0.2) is 174 Å². The Balaban J connectivity index is -0.0000000936. The summed E-state index contributed by atoms with van der Waals surface area (Å²) in [5.41, 5.74) is 12.0. The summed E-state index contributed by atoms with van der Waals surface area (Å²) in [6.45, 7) is 73.8. The van der Waals surface area contributed by atoms with E-state index in [0.717, 1.165) is 56.6 Å². The summed E-state index contributed by atoms with van der Waals surface area (Å²) in [7, 11) is 9.12. The lowest BCUT2D eigenvalue weighted by atomic mass is 9.89. The standard InChI is InChI=1S/2C8H8.C8H14.C7H13N.C6H8O.C5H5NO2.C5H4O3.C5H8.C4H9N.C4H4O2.C4H6O.C4H4O.C3H7N.2C3H6O.C3H6.C3H4.4C2H6.CH3N3/c1-2-4-8-6-5-7(8)3-1;1-2-8-6-4-3-5-7-8;2*1-4-6-8(3)7-5-2;1-3-4-5-6(2)7;1-6-4(7)2-3-5(6)8;1-3-2-4(6)8-5(3)7;1-3-5-4-2;1-5-3-2-4-5;5-4-2-1-3-6-4;2*1-3-4(2)5;1-4-2-3-4;1-3-2-4-3;1-2-4-3-1;2*1-3-2;4*1-2;1-3-4-2/h1-4H,5-6H2;2-7H,1H2;4-5,8H,1-2,6-7H2,3H3;4-5H,1-2,6-7H2,3H3;3-5H,1H2,2H3;2-3H,1H3;2H,1H3;3-5H,1H2,2H3;2-4H2,1H3;1-2H,3H2;3H,1H2,2H3;1H,2H3;2-3H2,1H3;3H,2H2,1H3;1-3H2;3H,1H2,2H3;1H,2H3;4*1-2H3;1H3. The molecular formula is C92H147N7O12. The average Bonchev–Trinajstić information content (AvgIpc) is 1.81. The van der Waals surface area contributed by atoms with Crippen LogP contribution in [-0.2, 0) is 70.1 Å². The number of ketones is 3. The number of nitrogens with zero attached hydrogens (tertiary/aromatic N) is 7. The van der Waals surface area contributed by atoms with Crippen molar-refractivity contribution in [2.45, 2.75) is 162 Å². The number of allylic oxidation sites excluding steroid dienone is 10. The van der Waals surface area contributed by atoms with Crippen LogP contribution < -0.4 is 0 Å². The molecule has 622 valence electrons. The highest BCUT2D eigenvalue weighted by Crippen LogP contribution is 2.21. The van der Waals surface area contributed by atoms with Gasteiger partial charge in [-0.05, 0) is 174 Å². The number of carbonyl (C=O) groups is 8. The zero-order chi connectivity index (χ0) is 88.5. The number of terminal acetylenes is 2. The highest BCUT2D eigenvalue weighted by atomic mass is 16.6. The quantitative estimate of drug-likeness (QED) is 0.0147. The minimum absolute atomic E-state index is 0.0185. The van der Waals surface area contributed by atoms with Crippen LogP contribution in [0.1, 0.15) is 160 Å². The first-order chi connectivity index (χ1) is 53.0. The summed E-state index contributed by atoms with van der Waals surface area (Å²) in [4.78, 5) is 90.6. The Morgan fingerprint density at radius 2 is 1.05 bits per heavy atom. The van der Waals surface area contributed by atoms with Gasteiger partial charge >= 0.3 is 17.9 Å². The van der Waals surface area contributed by atoms with Crippen molar-refractivity contribution in [1.82, 2.24) is 19.6 Å². The van der Waals surface area contributed by atoms with Crippen LogP contribution in [0.3, 0.4) is 0 Å². The maximum absolute atomic E-state index is 10.4. The molecule has 1 unspecified atom stereocenters. The van der Waals surface area contributed by atoms with E-state index in [0.29, 0.717) is 18.3 Å². The number of fused-ring (bicyclic) bond motifs is 1. The van der Waals surface area contributed by atoms with Gasteiger partial charge in [-0.2, -0.15) is 0 Å². The van der Waals surface area contributed by atoms with E-state index in [1.54, 1.807) is 48.4 Å². The second-order valence-corrected chi connectivity index (χ2v) is 21.5. The van der Waals surface area contributed by atoms with Gasteiger partial charge in [-0.15, -0.1) is 51.7 Å². The summed E-state index contributed by atoms with van der Waals surface area (Å²) in [6, 6.07) is 18.7. The molecule has 19 heteroatoms. The summed E-state index contributed by atoms with van der Waals surface area (Å²) in [5, 5.41) is 2.92. The molecule has 0 spiro atoms. The van der Waals surface area contributed by atoms with E-state index in [1.165, 1.54) is 136 Å². The van der Waals surface area contributed by atoms with Gasteiger partial charge in [0.25, 0.3) is 11.8 Å². The predicted molar refractivity (Wildman–Crippen MR) is 476 cm³/mol. The molecule has 7 heterocycles. The normalized spacial score (nSPS) is 13.1. The summed E-state index contributed by atoms with van der Waals surface area (Å²) in [5.74, 6) is 2.92. The fraction of sp³-hybridized carbons (Fsp3) is 0.435. The number of amides is 2. The smallest absolute Gasteiger partial charge is 0.341 e. The Morgan fingerprint density at radius 1 is 0.685 bits per heavy atom. The summed E-state index contributed by atoms with van der Waals surface area (Å²) < 4.78 is 17.9. The molecule has 10 rings (SSSR count). The van der Waals surface area contributed by atoms with Crippen molar-refractivity contribution < 1.29 is 57.3 Å². The van der Waals surface area contributed by atoms with Crippen LogP contribution in [0.5, 0.6) is 0 Å². The van der Waals surface area contributed by atoms with Crippen molar-refractivity contribution >= 4 is 53.1 Å². The van der Waals surface area contributed by atoms with Crippen LogP contribution in [0.25, 0.3) is 16.5 Å². The highest BCUT2D eigenvalue weighted by molar-refractivity contribution is 6.12. The first-order valence-electron chi connectivity index (χ1n) is 37.2.